The van der Waals surface area contributed by atoms with E-state index in [0.717, 1.165) is 0 Å². The third-order valence-corrected chi connectivity index (χ3v) is 6.10. The molecule has 0 spiro atoms. The van der Waals surface area contributed by atoms with E-state index in [2.05, 4.69) is 0 Å². The largest absolute Gasteiger partial charge is 0.484 e. The molecule has 1 fully saturated rings. The van der Waals surface area contributed by atoms with Gasteiger partial charge in [0.05, 0.1) is 22.5 Å². The van der Waals surface area contributed by atoms with Crippen LogP contribution in [0.5, 0.6) is 5.75 Å². The van der Waals surface area contributed by atoms with Crippen LogP contribution in [0.25, 0.3) is 0 Å². The van der Waals surface area contributed by atoms with Crippen molar-refractivity contribution in [1.82, 2.24) is 4.90 Å². The molecule has 0 N–H and O–H groups in total. The van der Waals surface area contributed by atoms with Crippen molar-refractivity contribution >= 4 is 21.4 Å². The molecule has 25 heavy (non-hydrogen) atoms. The summed E-state index contributed by atoms with van der Waals surface area (Å²) in [7, 11) is -3.11. The van der Waals surface area contributed by atoms with E-state index in [0.29, 0.717) is 12.8 Å². The highest BCUT2D eigenvalue weighted by Gasteiger charge is 2.36. The quantitative estimate of drug-likeness (QED) is 0.535. The fourth-order valence-corrected chi connectivity index (χ4v) is 4.62. The number of carbonyl (C=O) groups is 1. The summed E-state index contributed by atoms with van der Waals surface area (Å²) in [5.74, 6) is -0.0302. The number of nitro groups is 1. The van der Waals surface area contributed by atoms with Crippen molar-refractivity contribution in [3.05, 3.63) is 34.4 Å². The lowest BCUT2D eigenvalue weighted by atomic mass is 10.1. The zero-order chi connectivity index (χ0) is 18.6. The first-order valence-corrected chi connectivity index (χ1v) is 9.94. The fraction of sp³-hybridized carbons (Fsp3) is 0.562. The number of benzene rings is 1. The maximum absolute atomic E-state index is 12.6. The van der Waals surface area contributed by atoms with Gasteiger partial charge in [-0.3, -0.25) is 14.9 Å². The molecule has 8 nitrogen and oxygen atoms in total. The van der Waals surface area contributed by atoms with Gasteiger partial charge in [0.2, 0.25) is 0 Å². The van der Waals surface area contributed by atoms with Crippen LogP contribution >= 0.6 is 0 Å². The van der Waals surface area contributed by atoms with Crippen molar-refractivity contribution in [3.8, 4) is 5.75 Å². The zero-order valence-electron chi connectivity index (χ0n) is 14.3. The normalized spacial score (nSPS) is 20.0. The fourth-order valence-electron chi connectivity index (χ4n) is 2.91. The summed E-state index contributed by atoms with van der Waals surface area (Å²) in [6.45, 7) is 3.51. The Kier molecular flexibility index (Phi) is 5.99. The van der Waals surface area contributed by atoms with Gasteiger partial charge in [-0.2, -0.15) is 0 Å². The Bertz CT molecular complexity index is 749. The number of nitrogens with zero attached hydrogens (tertiary/aromatic N) is 2. The Morgan fingerprint density at radius 3 is 2.76 bits per heavy atom. The Hall–Kier alpha value is -2.16. The molecule has 2 rings (SSSR count). The molecule has 0 bridgehead atoms. The first-order valence-electron chi connectivity index (χ1n) is 8.12. The van der Waals surface area contributed by atoms with E-state index in [9.17, 15) is 23.3 Å². The highest BCUT2D eigenvalue weighted by molar-refractivity contribution is 7.91. The van der Waals surface area contributed by atoms with Crippen molar-refractivity contribution in [2.45, 2.75) is 38.8 Å². The highest BCUT2D eigenvalue weighted by Crippen LogP contribution is 2.23. The Morgan fingerprint density at radius 1 is 1.48 bits per heavy atom. The van der Waals surface area contributed by atoms with E-state index in [1.165, 1.54) is 24.3 Å². The molecule has 0 aliphatic carbocycles. The number of nitro benzene ring substituents is 1. The number of carbonyl (C=O) groups excluding carboxylic acids is 1. The zero-order valence-corrected chi connectivity index (χ0v) is 15.1. The lowest BCUT2D eigenvalue weighted by molar-refractivity contribution is -0.384. The molecule has 0 aromatic heterocycles. The Balaban J connectivity index is 2.07. The van der Waals surface area contributed by atoms with Crippen LogP contribution in [0.15, 0.2) is 24.3 Å². The second-order valence-electron chi connectivity index (χ2n) is 6.16. The molecule has 0 unspecified atom stereocenters. The van der Waals surface area contributed by atoms with Crippen molar-refractivity contribution in [2.75, 3.05) is 18.1 Å². The SMILES string of the molecule is CC[C@@H](C)N(C(=O)COc1cccc([N+](=O)[O-])c1)[C@@H]1CCS(=O)(=O)C1. The van der Waals surface area contributed by atoms with E-state index < -0.39 is 14.8 Å². The van der Waals surface area contributed by atoms with Gasteiger partial charge in [-0.25, -0.2) is 8.42 Å². The number of hydrogen-bond donors (Lipinski definition) is 0. The van der Waals surface area contributed by atoms with E-state index in [-0.39, 0.29) is 47.5 Å². The summed E-state index contributed by atoms with van der Waals surface area (Å²) in [6.07, 6.45) is 1.12. The van der Waals surface area contributed by atoms with Crippen LogP contribution < -0.4 is 4.74 Å². The first kappa shape index (κ1) is 19.2. The number of sulfone groups is 1. The van der Waals surface area contributed by atoms with Crippen LogP contribution in [0, 0.1) is 10.1 Å². The lowest BCUT2D eigenvalue weighted by Crippen LogP contribution is -2.48. The number of amides is 1. The molecule has 1 saturated heterocycles. The second-order valence-corrected chi connectivity index (χ2v) is 8.39. The van der Waals surface area contributed by atoms with Crippen molar-refractivity contribution in [1.29, 1.82) is 0 Å². The molecular weight excluding hydrogens is 348 g/mol. The minimum absolute atomic E-state index is 0.0279. The molecule has 1 aromatic rings. The molecule has 1 amide bonds. The van der Waals surface area contributed by atoms with Crippen LogP contribution in [0.2, 0.25) is 0 Å². The summed E-state index contributed by atoms with van der Waals surface area (Å²) in [5.41, 5.74) is -0.120. The topological polar surface area (TPSA) is 107 Å². The average molecular weight is 370 g/mol. The van der Waals surface area contributed by atoms with Crippen LogP contribution in [-0.2, 0) is 14.6 Å². The van der Waals surface area contributed by atoms with Gasteiger partial charge in [-0.15, -0.1) is 0 Å². The van der Waals surface area contributed by atoms with E-state index >= 15 is 0 Å². The summed E-state index contributed by atoms with van der Waals surface area (Å²) in [4.78, 5) is 24.4. The smallest absolute Gasteiger partial charge is 0.273 e. The summed E-state index contributed by atoms with van der Waals surface area (Å²) in [5, 5.41) is 10.8. The minimum Gasteiger partial charge on any atom is -0.484 e. The standard InChI is InChI=1S/C16H22N2O6S/c1-3-12(2)17(14-7-8-25(22,23)11-14)16(19)10-24-15-6-4-5-13(9-15)18(20)21/h4-6,9,12,14H,3,7-8,10-11H2,1-2H3/t12-,14-/m1/s1. The van der Waals surface area contributed by atoms with Gasteiger partial charge in [0.15, 0.2) is 16.4 Å². The Labute approximate surface area is 146 Å². The molecule has 1 aliphatic rings. The molecular formula is C16H22N2O6S. The highest BCUT2D eigenvalue weighted by atomic mass is 32.2. The van der Waals surface area contributed by atoms with Crippen LogP contribution in [0.1, 0.15) is 26.7 Å². The van der Waals surface area contributed by atoms with Gasteiger partial charge in [0.1, 0.15) is 5.75 Å². The van der Waals surface area contributed by atoms with E-state index in [1.807, 2.05) is 13.8 Å². The van der Waals surface area contributed by atoms with Gasteiger partial charge in [0.25, 0.3) is 11.6 Å². The molecule has 1 aliphatic heterocycles. The van der Waals surface area contributed by atoms with Gasteiger partial charge in [-0.05, 0) is 25.8 Å². The average Bonchev–Trinajstić information content (AvgIpc) is 2.92. The van der Waals surface area contributed by atoms with Crippen molar-refractivity contribution in [2.24, 2.45) is 0 Å². The van der Waals surface area contributed by atoms with E-state index in [4.69, 9.17) is 4.74 Å². The molecule has 0 radical (unpaired) electrons. The minimum atomic E-state index is -3.11. The maximum Gasteiger partial charge on any atom is 0.273 e. The maximum atomic E-state index is 12.6. The monoisotopic (exact) mass is 370 g/mol. The molecule has 1 aromatic carbocycles. The lowest BCUT2D eigenvalue weighted by Gasteiger charge is -2.33. The number of rotatable bonds is 7. The summed E-state index contributed by atoms with van der Waals surface area (Å²) >= 11 is 0. The molecule has 2 atom stereocenters. The molecule has 0 saturated carbocycles. The summed E-state index contributed by atoms with van der Waals surface area (Å²) in [6, 6.07) is 5.15. The van der Waals surface area contributed by atoms with Crippen LogP contribution in [0.4, 0.5) is 5.69 Å². The van der Waals surface area contributed by atoms with Gasteiger partial charge < -0.3 is 9.64 Å². The third-order valence-electron chi connectivity index (χ3n) is 4.35. The van der Waals surface area contributed by atoms with Crippen LogP contribution in [-0.4, -0.2) is 54.3 Å². The number of ether oxygens (including phenoxy) is 1. The van der Waals surface area contributed by atoms with Gasteiger partial charge in [-0.1, -0.05) is 13.0 Å². The predicted molar refractivity (Wildman–Crippen MR) is 92.2 cm³/mol. The first-order chi connectivity index (χ1) is 11.7. The van der Waals surface area contributed by atoms with Gasteiger partial charge in [0, 0.05) is 18.2 Å². The summed E-state index contributed by atoms with van der Waals surface area (Å²) < 4.78 is 28.9. The predicted octanol–water partition coefficient (Wildman–Crippen LogP) is 1.79. The molecule has 138 valence electrons. The number of non-ortho nitro benzene ring substituents is 1. The Morgan fingerprint density at radius 2 is 2.20 bits per heavy atom. The molecule has 1 heterocycles. The van der Waals surface area contributed by atoms with Crippen LogP contribution in [0.3, 0.4) is 0 Å². The van der Waals surface area contributed by atoms with Gasteiger partial charge >= 0.3 is 0 Å². The number of hydrogen-bond acceptors (Lipinski definition) is 6. The third kappa shape index (κ3) is 4.91. The van der Waals surface area contributed by atoms with E-state index in [1.54, 1.807) is 4.90 Å². The molecule has 9 heteroatoms. The van der Waals surface area contributed by atoms with Crippen molar-refractivity contribution < 1.29 is 22.9 Å². The van der Waals surface area contributed by atoms with Crippen molar-refractivity contribution in [3.63, 3.8) is 0 Å². The second kappa shape index (κ2) is 7.81.